The van der Waals surface area contributed by atoms with Crippen molar-refractivity contribution in [3.63, 3.8) is 0 Å². The van der Waals surface area contributed by atoms with E-state index in [1.807, 2.05) is 0 Å². The summed E-state index contributed by atoms with van der Waals surface area (Å²) in [7, 11) is 0. The number of aromatic nitrogens is 1. The molecule has 3 heteroatoms. The molecule has 13 aromatic rings. The molecule has 2 aromatic heterocycles. The zero-order chi connectivity index (χ0) is 46.5. The molecule has 2 heterocycles. The van der Waals surface area contributed by atoms with E-state index >= 15 is 0 Å². The number of nitrogens with zero attached hydrogens (tertiary/aromatic N) is 2. The van der Waals surface area contributed by atoms with Crippen LogP contribution in [0, 0.1) is 0 Å². The van der Waals surface area contributed by atoms with Gasteiger partial charge in [-0.2, -0.15) is 0 Å². The third kappa shape index (κ3) is 6.08. The van der Waals surface area contributed by atoms with Crippen LogP contribution < -0.4 is 4.90 Å². The first-order valence-corrected chi connectivity index (χ1v) is 24.2. The number of benzene rings is 11. The van der Waals surface area contributed by atoms with Crippen LogP contribution >= 0.6 is 0 Å². The van der Waals surface area contributed by atoms with Gasteiger partial charge in [-0.1, -0.05) is 196 Å². The van der Waals surface area contributed by atoms with Crippen LogP contribution in [-0.4, -0.2) is 4.57 Å². The minimum atomic E-state index is -0.142. The minimum Gasteiger partial charge on any atom is -0.455 e. The Morgan fingerprint density at radius 3 is 1.70 bits per heavy atom. The lowest BCUT2D eigenvalue weighted by atomic mass is 9.81. The first-order chi connectivity index (χ1) is 34.5. The molecule has 0 atom stereocenters. The van der Waals surface area contributed by atoms with Crippen LogP contribution in [0.4, 0.5) is 17.1 Å². The van der Waals surface area contributed by atoms with Gasteiger partial charge in [-0.25, -0.2) is 0 Å². The zero-order valence-corrected chi connectivity index (χ0v) is 38.9. The maximum Gasteiger partial charge on any atom is 0.143 e. The van der Waals surface area contributed by atoms with Crippen molar-refractivity contribution in [1.29, 1.82) is 0 Å². The Labute approximate surface area is 406 Å². The lowest BCUT2D eigenvalue weighted by molar-refractivity contribution is 0.660. The highest BCUT2D eigenvalue weighted by molar-refractivity contribution is 6.13. The van der Waals surface area contributed by atoms with Crippen molar-refractivity contribution in [3.05, 3.63) is 254 Å². The predicted octanol–water partition coefficient (Wildman–Crippen LogP) is 18.6. The van der Waals surface area contributed by atoms with Gasteiger partial charge in [0.25, 0.3) is 0 Å². The zero-order valence-electron chi connectivity index (χ0n) is 38.9. The SMILES string of the molecule is CC1(C)c2ccccc2-c2ccc(-c3ccccc3N(c3cc(-c4ccc(-n5c6ccccc6c6ccccc65)cc4)c4oc5ccccc5c4c3)c3ccccc3-c3cccc4ccccc34)cc21. The Morgan fingerprint density at radius 1 is 0.371 bits per heavy atom. The fourth-order valence-electron chi connectivity index (χ4n) is 11.7. The van der Waals surface area contributed by atoms with E-state index in [-0.39, 0.29) is 5.41 Å². The molecule has 0 unspecified atom stereocenters. The first kappa shape index (κ1) is 40.2. The fourth-order valence-corrected chi connectivity index (χ4v) is 11.7. The summed E-state index contributed by atoms with van der Waals surface area (Å²) in [4.78, 5) is 2.50. The average Bonchev–Trinajstić information content (AvgIpc) is 4.04. The largest absolute Gasteiger partial charge is 0.455 e. The molecular weight excluding hydrogens is 849 g/mol. The highest BCUT2D eigenvalue weighted by Gasteiger charge is 2.35. The quantitative estimate of drug-likeness (QED) is 0.159. The highest BCUT2D eigenvalue weighted by atomic mass is 16.3. The van der Waals surface area contributed by atoms with E-state index in [0.717, 1.165) is 66.9 Å². The van der Waals surface area contributed by atoms with E-state index in [1.54, 1.807) is 0 Å². The molecule has 0 fully saturated rings. The number of para-hydroxylation sites is 5. The van der Waals surface area contributed by atoms with Crippen molar-refractivity contribution >= 4 is 71.6 Å². The molecule has 0 N–H and O–H groups in total. The number of hydrogen-bond donors (Lipinski definition) is 0. The Bertz CT molecular complexity index is 4170. The number of rotatable bonds is 7. The van der Waals surface area contributed by atoms with E-state index in [1.165, 1.54) is 66.0 Å². The third-order valence-electron chi connectivity index (χ3n) is 15.0. The van der Waals surface area contributed by atoms with E-state index in [0.29, 0.717) is 0 Å². The molecular formula is C67H46N2O. The fraction of sp³-hybridized carbons (Fsp3) is 0.0448. The van der Waals surface area contributed by atoms with Gasteiger partial charge >= 0.3 is 0 Å². The summed E-state index contributed by atoms with van der Waals surface area (Å²) in [6.07, 6.45) is 0. The van der Waals surface area contributed by atoms with Crippen molar-refractivity contribution in [2.45, 2.75) is 19.3 Å². The number of furan rings is 1. The molecule has 70 heavy (non-hydrogen) atoms. The summed E-state index contributed by atoms with van der Waals surface area (Å²) in [5.74, 6) is 0. The monoisotopic (exact) mass is 894 g/mol. The molecule has 0 bridgehead atoms. The summed E-state index contributed by atoms with van der Waals surface area (Å²) in [6, 6.07) is 88.8. The van der Waals surface area contributed by atoms with Gasteiger partial charge in [-0.05, 0) is 110 Å². The number of fused-ring (bicyclic) bond motifs is 10. The number of anilines is 3. The molecule has 0 saturated heterocycles. The summed E-state index contributed by atoms with van der Waals surface area (Å²) in [5, 5.41) is 7.07. The average molecular weight is 895 g/mol. The smallest absolute Gasteiger partial charge is 0.143 e. The van der Waals surface area contributed by atoms with Crippen molar-refractivity contribution < 1.29 is 4.42 Å². The maximum atomic E-state index is 6.90. The molecule has 0 amide bonds. The lowest BCUT2D eigenvalue weighted by Crippen LogP contribution is -2.15. The van der Waals surface area contributed by atoms with Gasteiger partial charge in [0, 0.05) is 55.0 Å². The summed E-state index contributed by atoms with van der Waals surface area (Å²) in [5.41, 5.74) is 20.4. The summed E-state index contributed by atoms with van der Waals surface area (Å²) < 4.78 is 9.28. The van der Waals surface area contributed by atoms with Gasteiger partial charge in [-0.15, -0.1) is 0 Å². The first-order valence-electron chi connectivity index (χ1n) is 24.2. The topological polar surface area (TPSA) is 21.3 Å². The van der Waals surface area contributed by atoms with Gasteiger partial charge in [0.1, 0.15) is 11.2 Å². The Balaban J connectivity index is 1.02. The maximum absolute atomic E-state index is 6.90. The van der Waals surface area contributed by atoms with Crippen LogP contribution in [0.15, 0.2) is 247 Å². The van der Waals surface area contributed by atoms with Crippen LogP contribution in [-0.2, 0) is 5.41 Å². The van der Waals surface area contributed by atoms with Crippen molar-refractivity contribution in [3.8, 4) is 50.2 Å². The Hall–Kier alpha value is -8.92. The lowest BCUT2D eigenvalue weighted by Gasteiger charge is -2.31. The van der Waals surface area contributed by atoms with Gasteiger partial charge in [0.2, 0.25) is 0 Å². The molecule has 0 radical (unpaired) electrons. The van der Waals surface area contributed by atoms with Gasteiger partial charge < -0.3 is 13.9 Å². The summed E-state index contributed by atoms with van der Waals surface area (Å²) >= 11 is 0. The molecule has 330 valence electrons. The number of hydrogen-bond acceptors (Lipinski definition) is 2. The van der Waals surface area contributed by atoms with Gasteiger partial charge in [0.15, 0.2) is 0 Å². The van der Waals surface area contributed by atoms with Gasteiger partial charge in [0.05, 0.1) is 22.4 Å². The molecule has 0 spiro atoms. The van der Waals surface area contributed by atoms with Gasteiger partial charge in [-0.3, -0.25) is 0 Å². The predicted molar refractivity (Wildman–Crippen MR) is 294 cm³/mol. The third-order valence-corrected chi connectivity index (χ3v) is 15.0. The molecule has 11 aromatic carbocycles. The molecule has 0 saturated carbocycles. The molecule has 14 rings (SSSR count). The van der Waals surface area contributed by atoms with Crippen LogP contribution in [0.3, 0.4) is 0 Å². The van der Waals surface area contributed by atoms with Crippen molar-refractivity contribution in [2.24, 2.45) is 0 Å². The minimum absolute atomic E-state index is 0.142. The van der Waals surface area contributed by atoms with Crippen LogP contribution in [0.1, 0.15) is 25.0 Å². The second kappa shape index (κ2) is 15.6. The standard InChI is InChI=1S/C67H46N2O/c1-67(2)59-28-11-5-22-51(59)52-39-36-45(40-60(52)67)49-21-6-12-29-61(49)69(62-30-13-7-23-53(62)50-27-17-19-43-18-3-4-20-48(43)50)47-41-57(66-58(42-47)56-26-10-16-33-65(56)70-66)44-34-37-46(38-35-44)68-63-31-14-8-24-54(63)55-25-9-15-32-64(55)68/h3-42H,1-2H3. The van der Waals surface area contributed by atoms with Crippen LogP contribution in [0.5, 0.6) is 0 Å². The summed E-state index contributed by atoms with van der Waals surface area (Å²) in [6.45, 7) is 4.73. The molecule has 1 aliphatic rings. The molecule has 1 aliphatic carbocycles. The molecule has 3 nitrogen and oxygen atoms in total. The van der Waals surface area contributed by atoms with Crippen molar-refractivity contribution in [1.82, 2.24) is 4.57 Å². The normalized spacial score (nSPS) is 12.8. The van der Waals surface area contributed by atoms with Crippen molar-refractivity contribution in [2.75, 3.05) is 4.90 Å². The Morgan fingerprint density at radius 2 is 0.929 bits per heavy atom. The second-order valence-electron chi connectivity index (χ2n) is 19.2. The van der Waals surface area contributed by atoms with E-state index in [9.17, 15) is 0 Å². The highest BCUT2D eigenvalue weighted by Crippen LogP contribution is 2.52. The van der Waals surface area contributed by atoms with E-state index < -0.39 is 0 Å². The van der Waals surface area contributed by atoms with E-state index in [4.69, 9.17) is 4.42 Å². The van der Waals surface area contributed by atoms with E-state index in [2.05, 4.69) is 266 Å². The molecule has 0 aliphatic heterocycles. The Kier molecular flexibility index (Phi) is 8.93. The van der Waals surface area contributed by atoms with Crippen LogP contribution in [0.25, 0.3) is 105 Å². The second-order valence-corrected chi connectivity index (χ2v) is 19.2. The van der Waals surface area contributed by atoms with Crippen LogP contribution in [0.2, 0.25) is 0 Å².